The monoisotopic (exact) mass is 570 g/mol. The topological polar surface area (TPSA) is 109 Å². The number of aromatic nitrogens is 1. The fourth-order valence-corrected chi connectivity index (χ4v) is 3.86. The number of hydrogen-bond donors (Lipinski definition) is 2. The molecule has 0 bridgehead atoms. The molecule has 4 rings (SSSR count). The van der Waals surface area contributed by atoms with Gasteiger partial charge >= 0.3 is 24.3 Å². The van der Waals surface area contributed by atoms with Gasteiger partial charge in [-0.3, -0.25) is 9.88 Å². The zero-order chi connectivity index (χ0) is 29.3. The maximum Gasteiger partial charge on any atom is 0.490 e. The molecule has 3 heterocycles. The smallest absolute Gasteiger partial charge is 0.475 e. The molecule has 1 atom stereocenters. The molecule has 1 unspecified atom stereocenters. The third-order valence-corrected chi connectivity index (χ3v) is 5.76. The lowest BCUT2D eigenvalue weighted by Crippen LogP contribution is -2.64. The Balaban J connectivity index is 0.000000317. The van der Waals surface area contributed by atoms with Crippen molar-refractivity contribution in [1.82, 2.24) is 9.88 Å². The van der Waals surface area contributed by atoms with Crippen LogP contribution >= 0.6 is 0 Å². The van der Waals surface area contributed by atoms with Gasteiger partial charge in [-0.2, -0.15) is 26.3 Å². The summed E-state index contributed by atoms with van der Waals surface area (Å²) >= 11 is 0. The van der Waals surface area contributed by atoms with E-state index in [0.29, 0.717) is 25.7 Å². The number of nitrogens with zero attached hydrogens (tertiary/aromatic N) is 2. The van der Waals surface area contributed by atoms with E-state index in [9.17, 15) is 30.7 Å². The van der Waals surface area contributed by atoms with Gasteiger partial charge in [-0.25, -0.2) is 14.0 Å². The van der Waals surface area contributed by atoms with Crippen molar-refractivity contribution in [3.8, 4) is 0 Å². The molecule has 2 aromatic rings. The SMILES string of the molecule is Fc1ccccc1CN1CC2(C1)OCCC2COCc1ccncc1.O=C(O)C(F)(F)F.O=C(O)C(F)(F)F. The Labute approximate surface area is 218 Å². The summed E-state index contributed by atoms with van der Waals surface area (Å²) < 4.78 is 89.3. The molecule has 15 heteroatoms. The first-order valence-electron chi connectivity index (χ1n) is 11.3. The Morgan fingerprint density at radius 2 is 1.54 bits per heavy atom. The van der Waals surface area contributed by atoms with Crippen LogP contribution in [0, 0.1) is 11.7 Å². The van der Waals surface area contributed by atoms with Crippen LogP contribution < -0.4 is 0 Å². The highest BCUT2D eigenvalue weighted by atomic mass is 19.4. The largest absolute Gasteiger partial charge is 0.490 e. The number of aliphatic carboxylic acids is 2. The molecule has 0 radical (unpaired) electrons. The van der Waals surface area contributed by atoms with Crippen molar-refractivity contribution in [2.75, 3.05) is 26.3 Å². The maximum absolute atomic E-state index is 13.8. The number of carboxylic acid groups (broad SMARTS) is 2. The molecule has 0 amide bonds. The predicted octanol–water partition coefficient (Wildman–Crippen LogP) is 4.30. The summed E-state index contributed by atoms with van der Waals surface area (Å²) in [4.78, 5) is 24.1. The van der Waals surface area contributed by atoms with Crippen LogP contribution in [0.1, 0.15) is 17.5 Å². The molecule has 0 aliphatic carbocycles. The number of rotatable bonds is 6. The molecular weight excluding hydrogens is 545 g/mol. The lowest BCUT2D eigenvalue weighted by atomic mass is 9.81. The number of hydrogen-bond acceptors (Lipinski definition) is 6. The van der Waals surface area contributed by atoms with Crippen molar-refractivity contribution in [3.05, 3.63) is 65.7 Å². The zero-order valence-electron chi connectivity index (χ0n) is 20.2. The Hall–Kier alpha value is -3.30. The molecule has 2 aliphatic rings. The number of carboxylic acids is 2. The van der Waals surface area contributed by atoms with Crippen molar-refractivity contribution >= 4 is 11.9 Å². The van der Waals surface area contributed by atoms with E-state index >= 15 is 0 Å². The van der Waals surface area contributed by atoms with Gasteiger partial charge in [-0.15, -0.1) is 0 Å². The number of alkyl halides is 6. The molecule has 1 aromatic carbocycles. The van der Waals surface area contributed by atoms with Crippen molar-refractivity contribution in [2.24, 2.45) is 5.92 Å². The highest BCUT2D eigenvalue weighted by Gasteiger charge is 2.52. The van der Waals surface area contributed by atoms with Crippen LogP contribution in [0.3, 0.4) is 0 Å². The van der Waals surface area contributed by atoms with Crippen LogP contribution in [0.25, 0.3) is 0 Å². The Morgan fingerprint density at radius 1 is 1.00 bits per heavy atom. The molecule has 1 spiro atoms. The van der Waals surface area contributed by atoms with E-state index < -0.39 is 24.3 Å². The van der Waals surface area contributed by atoms with Crippen molar-refractivity contribution in [3.63, 3.8) is 0 Å². The minimum absolute atomic E-state index is 0.108. The Bertz CT molecular complexity index is 1050. The van der Waals surface area contributed by atoms with Crippen LogP contribution in [0.5, 0.6) is 0 Å². The van der Waals surface area contributed by atoms with Gasteiger partial charge in [0.25, 0.3) is 0 Å². The van der Waals surface area contributed by atoms with E-state index in [1.54, 1.807) is 18.5 Å². The highest BCUT2D eigenvalue weighted by Crippen LogP contribution is 2.40. The number of halogens is 7. The van der Waals surface area contributed by atoms with E-state index in [4.69, 9.17) is 29.3 Å². The molecule has 2 fully saturated rings. The molecule has 216 valence electrons. The van der Waals surface area contributed by atoms with E-state index in [-0.39, 0.29) is 11.4 Å². The summed E-state index contributed by atoms with van der Waals surface area (Å²) in [7, 11) is 0. The fourth-order valence-electron chi connectivity index (χ4n) is 3.86. The molecule has 2 N–H and O–H groups in total. The predicted molar refractivity (Wildman–Crippen MR) is 120 cm³/mol. The second kappa shape index (κ2) is 13.7. The number of carbonyl (C=O) groups is 2. The number of ether oxygens (including phenoxy) is 2. The first-order valence-corrected chi connectivity index (χ1v) is 11.3. The summed E-state index contributed by atoms with van der Waals surface area (Å²) in [6.07, 6.45) is -5.57. The molecule has 2 saturated heterocycles. The van der Waals surface area contributed by atoms with Crippen LogP contribution in [-0.4, -0.2) is 76.3 Å². The molecule has 0 saturated carbocycles. The average molecular weight is 570 g/mol. The quantitative estimate of drug-likeness (QED) is 0.496. The lowest BCUT2D eigenvalue weighted by Gasteiger charge is -2.50. The van der Waals surface area contributed by atoms with E-state index in [1.165, 1.54) is 6.07 Å². The van der Waals surface area contributed by atoms with Crippen LogP contribution in [0.4, 0.5) is 30.7 Å². The summed E-state index contributed by atoms with van der Waals surface area (Å²) in [6, 6.07) is 10.9. The summed E-state index contributed by atoms with van der Waals surface area (Å²) in [5.41, 5.74) is 1.78. The van der Waals surface area contributed by atoms with E-state index in [1.807, 2.05) is 24.3 Å². The van der Waals surface area contributed by atoms with Crippen LogP contribution in [0.15, 0.2) is 48.8 Å². The lowest BCUT2D eigenvalue weighted by molar-refractivity contribution is -0.193. The average Bonchev–Trinajstić information content (AvgIpc) is 3.24. The highest BCUT2D eigenvalue weighted by molar-refractivity contribution is 5.73. The maximum atomic E-state index is 13.8. The zero-order valence-corrected chi connectivity index (χ0v) is 20.2. The minimum Gasteiger partial charge on any atom is -0.475 e. The summed E-state index contributed by atoms with van der Waals surface area (Å²) in [5, 5.41) is 14.2. The van der Waals surface area contributed by atoms with Crippen LogP contribution in [0.2, 0.25) is 0 Å². The standard InChI is InChI=1S/C20H23FN2O2.2C2HF3O2/c21-19-4-2-1-3-17(19)11-23-14-20(15-23)18(7-10-25-20)13-24-12-16-5-8-22-9-6-16;2*3-2(4,5)1(6)7/h1-6,8-9,18H,7,10-15H2;2*(H,6,7). The van der Waals surface area contributed by atoms with Crippen molar-refractivity contribution in [1.29, 1.82) is 0 Å². The van der Waals surface area contributed by atoms with Gasteiger partial charge in [0.05, 0.1) is 18.8 Å². The number of benzene rings is 1. The molecule has 2 aliphatic heterocycles. The van der Waals surface area contributed by atoms with Crippen LogP contribution in [-0.2, 0) is 32.2 Å². The molecule has 1 aromatic heterocycles. The van der Waals surface area contributed by atoms with Gasteiger partial charge in [0.2, 0.25) is 0 Å². The molecular formula is C24H25F7N2O6. The number of pyridine rings is 1. The molecule has 39 heavy (non-hydrogen) atoms. The van der Waals surface area contributed by atoms with E-state index in [0.717, 1.165) is 37.2 Å². The Morgan fingerprint density at radius 3 is 2.05 bits per heavy atom. The first-order chi connectivity index (χ1) is 18.1. The van der Waals surface area contributed by atoms with Gasteiger partial charge in [0, 0.05) is 50.1 Å². The van der Waals surface area contributed by atoms with Gasteiger partial charge in [0.1, 0.15) is 5.82 Å². The third-order valence-electron chi connectivity index (χ3n) is 5.76. The van der Waals surface area contributed by atoms with E-state index in [2.05, 4.69) is 9.88 Å². The second-order valence-electron chi connectivity index (χ2n) is 8.61. The summed E-state index contributed by atoms with van der Waals surface area (Å²) in [5.74, 6) is -5.24. The Kier molecular flexibility index (Phi) is 11.2. The molecule has 8 nitrogen and oxygen atoms in total. The van der Waals surface area contributed by atoms with Gasteiger partial charge in [0.15, 0.2) is 0 Å². The van der Waals surface area contributed by atoms with Gasteiger partial charge in [-0.1, -0.05) is 18.2 Å². The van der Waals surface area contributed by atoms with Gasteiger partial charge in [-0.05, 0) is 30.2 Å². The third kappa shape index (κ3) is 10.1. The minimum atomic E-state index is -5.08. The summed E-state index contributed by atoms with van der Waals surface area (Å²) in [6.45, 7) is 4.44. The van der Waals surface area contributed by atoms with Gasteiger partial charge < -0.3 is 19.7 Å². The normalized spacial score (nSPS) is 18.3. The first kappa shape index (κ1) is 31.9. The second-order valence-corrected chi connectivity index (χ2v) is 8.61. The van der Waals surface area contributed by atoms with Crippen molar-refractivity contribution < 1.29 is 60.0 Å². The number of likely N-dealkylation sites (tertiary alicyclic amines) is 1. The fraction of sp³-hybridized carbons (Fsp3) is 0.458. The van der Waals surface area contributed by atoms with Crippen molar-refractivity contribution in [2.45, 2.75) is 37.5 Å².